The number of rotatable bonds is 6. The van der Waals surface area contributed by atoms with Crippen molar-refractivity contribution in [2.75, 3.05) is 45.2 Å². The number of carbonyl (C=O) groups is 1. The van der Waals surface area contributed by atoms with Gasteiger partial charge in [0, 0.05) is 44.5 Å². The van der Waals surface area contributed by atoms with E-state index >= 15 is 0 Å². The molecule has 27 heavy (non-hydrogen) atoms. The second kappa shape index (κ2) is 8.92. The first-order chi connectivity index (χ1) is 13.0. The van der Waals surface area contributed by atoms with Gasteiger partial charge in [-0.1, -0.05) is 12.1 Å². The predicted molar refractivity (Wildman–Crippen MR) is 99.7 cm³/mol. The van der Waals surface area contributed by atoms with Gasteiger partial charge in [-0.3, -0.25) is 14.6 Å². The topological polar surface area (TPSA) is 44.8 Å². The highest BCUT2D eigenvalue weighted by atomic mass is 19.1. The summed E-state index contributed by atoms with van der Waals surface area (Å²) in [5, 5.41) is 2.55. The fraction of sp³-hybridized carbons (Fsp3) is 0.350. The number of ether oxygens (including phenoxy) is 1. The van der Waals surface area contributed by atoms with Crippen LogP contribution in [0.5, 0.6) is 5.75 Å². The van der Waals surface area contributed by atoms with E-state index in [2.05, 4.69) is 22.3 Å². The third-order valence-corrected chi connectivity index (χ3v) is 4.54. The number of methoxy groups -OCH3 is 1. The minimum atomic E-state index is -0.711. The molecule has 5 nitrogen and oxygen atoms in total. The zero-order valence-corrected chi connectivity index (χ0v) is 15.3. The molecule has 1 aliphatic heterocycles. The van der Waals surface area contributed by atoms with Crippen LogP contribution in [0.15, 0.2) is 42.5 Å². The fourth-order valence-electron chi connectivity index (χ4n) is 3.12. The molecule has 0 atom stereocenters. The summed E-state index contributed by atoms with van der Waals surface area (Å²) in [4.78, 5) is 16.5. The van der Waals surface area contributed by atoms with E-state index in [-0.39, 0.29) is 18.1 Å². The number of hydrogen-bond donors (Lipinski definition) is 1. The molecule has 0 spiro atoms. The molecule has 1 N–H and O–H groups in total. The zero-order valence-electron chi connectivity index (χ0n) is 15.3. The number of amides is 1. The zero-order chi connectivity index (χ0) is 19.2. The first kappa shape index (κ1) is 19.3. The van der Waals surface area contributed by atoms with Crippen molar-refractivity contribution >= 4 is 11.6 Å². The van der Waals surface area contributed by atoms with E-state index in [0.29, 0.717) is 0 Å². The molecule has 0 saturated carbocycles. The van der Waals surface area contributed by atoms with Gasteiger partial charge < -0.3 is 10.1 Å². The Bertz CT molecular complexity index is 755. The van der Waals surface area contributed by atoms with Gasteiger partial charge in [-0.15, -0.1) is 0 Å². The molecular weight excluding hydrogens is 352 g/mol. The van der Waals surface area contributed by atoms with Gasteiger partial charge in [-0.2, -0.15) is 0 Å². The van der Waals surface area contributed by atoms with Crippen LogP contribution in [-0.2, 0) is 11.3 Å². The molecule has 0 bridgehead atoms. The fourth-order valence-corrected chi connectivity index (χ4v) is 3.12. The molecule has 2 aromatic rings. The number of halogens is 2. The van der Waals surface area contributed by atoms with Crippen molar-refractivity contribution in [1.82, 2.24) is 9.80 Å². The van der Waals surface area contributed by atoms with Gasteiger partial charge in [0.15, 0.2) is 0 Å². The lowest BCUT2D eigenvalue weighted by molar-refractivity contribution is -0.117. The molecule has 1 saturated heterocycles. The Morgan fingerprint density at radius 1 is 1.00 bits per heavy atom. The second-order valence-electron chi connectivity index (χ2n) is 6.61. The Morgan fingerprint density at radius 2 is 1.59 bits per heavy atom. The summed E-state index contributed by atoms with van der Waals surface area (Å²) < 4.78 is 31.5. The summed E-state index contributed by atoms with van der Waals surface area (Å²) in [6.07, 6.45) is 0. The van der Waals surface area contributed by atoms with E-state index in [4.69, 9.17) is 4.74 Å². The summed E-state index contributed by atoms with van der Waals surface area (Å²) in [7, 11) is 1.65. The number of nitrogens with zero attached hydrogens (tertiary/aromatic N) is 2. The van der Waals surface area contributed by atoms with Crippen molar-refractivity contribution in [3.63, 3.8) is 0 Å². The van der Waals surface area contributed by atoms with Crippen molar-refractivity contribution in [3.05, 3.63) is 59.7 Å². The van der Waals surface area contributed by atoms with E-state index in [0.717, 1.165) is 56.7 Å². The van der Waals surface area contributed by atoms with Crippen LogP contribution in [-0.4, -0.2) is 55.5 Å². The van der Waals surface area contributed by atoms with Crippen LogP contribution in [0.3, 0.4) is 0 Å². The first-order valence-electron chi connectivity index (χ1n) is 8.85. The smallest absolute Gasteiger partial charge is 0.238 e. The quantitative estimate of drug-likeness (QED) is 0.843. The van der Waals surface area contributed by atoms with Crippen LogP contribution in [0.2, 0.25) is 0 Å². The van der Waals surface area contributed by atoms with Crippen molar-refractivity contribution in [3.8, 4) is 5.75 Å². The lowest BCUT2D eigenvalue weighted by Crippen LogP contribution is -2.48. The lowest BCUT2D eigenvalue weighted by atomic mass is 10.2. The standard InChI is InChI=1S/C20H23F2N3O2/c1-27-19-4-2-15(3-5-19)13-24-6-8-25(9-7-24)14-20(26)23-18-11-16(21)10-17(22)12-18/h2-5,10-12H,6-9,13-14H2,1H3,(H,23,26). The van der Waals surface area contributed by atoms with Gasteiger partial charge >= 0.3 is 0 Å². The largest absolute Gasteiger partial charge is 0.497 e. The number of benzene rings is 2. The maximum absolute atomic E-state index is 13.2. The van der Waals surface area contributed by atoms with E-state index < -0.39 is 11.6 Å². The van der Waals surface area contributed by atoms with Crippen LogP contribution in [0.25, 0.3) is 0 Å². The predicted octanol–water partition coefficient (Wildman–Crippen LogP) is 2.73. The Morgan fingerprint density at radius 3 is 2.19 bits per heavy atom. The summed E-state index contributed by atoms with van der Waals surface area (Å²) in [6, 6.07) is 11.0. The van der Waals surface area contributed by atoms with Crippen LogP contribution in [0.1, 0.15) is 5.56 Å². The van der Waals surface area contributed by atoms with Crippen LogP contribution < -0.4 is 10.1 Å². The molecule has 144 valence electrons. The minimum absolute atomic E-state index is 0.135. The van der Waals surface area contributed by atoms with E-state index in [1.165, 1.54) is 5.56 Å². The molecule has 3 rings (SSSR count). The van der Waals surface area contributed by atoms with E-state index in [1.807, 2.05) is 17.0 Å². The number of hydrogen-bond acceptors (Lipinski definition) is 4. The van der Waals surface area contributed by atoms with Crippen LogP contribution >= 0.6 is 0 Å². The molecule has 1 fully saturated rings. The number of nitrogens with one attached hydrogen (secondary N) is 1. The summed E-state index contributed by atoms with van der Waals surface area (Å²) in [6.45, 7) is 4.30. The molecule has 7 heteroatoms. The average molecular weight is 375 g/mol. The van der Waals surface area contributed by atoms with Gasteiger partial charge in [0.2, 0.25) is 5.91 Å². The van der Waals surface area contributed by atoms with E-state index in [9.17, 15) is 13.6 Å². The Labute approximate surface area is 157 Å². The Hall–Kier alpha value is -2.51. The summed E-state index contributed by atoms with van der Waals surface area (Å²) in [5.74, 6) is -0.855. The Kier molecular flexibility index (Phi) is 6.36. The van der Waals surface area contributed by atoms with Crippen molar-refractivity contribution in [1.29, 1.82) is 0 Å². The SMILES string of the molecule is COc1ccc(CN2CCN(CC(=O)Nc3cc(F)cc(F)c3)CC2)cc1. The molecule has 2 aromatic carbocycles. The third kappa shape index (κ3) is 5.74. The monoisotopic (exact) mass is 375 g/mol. The number of carbonyl (C=O) groups excluding carboxylic acids is 1. The van der Waals surface area contributed by atoms with Gasteiger partial charge in [0.05, 0.1) is 13.7 Å². The summed E-state index contributed by atoms with van der Waals surface area (Å²) >= 11 is 0. The molecule has 1 heterocycles. The molecule has 1 aliphatic rings. The normalized spacial score (nSPS) is 15.5. The number of piperazine rings is 1. The molecule has 0 aliphatic carbocycles. The minimum Gasteiger partial charge on any atom is -0.497 e. The van der Waals surface area contributed by atoms with E-state index in [1.54, 1.807) is 7.11 Å². The Balaban J connectivity index is 1.43. The highest BCUT2D eigenvalue weighted by Gasteiger charge is 2.19. The molecular formula is C20H23F2N3O2. The van der Waals surface area contributed by atoms with Gasteiger partial charge in [0.25, 0.3) is 0 Å². The van der Waals surface area contributed by atoms with Gasteiger partial charge in [-0.25, -0.2) is 8.78 Å². The lowest BCUT2D eigenvalue weighted by Gasteiger charge is -2.34. The molecule has 1 amide bonds. The number of anilines is 1. The van der Waals surface area contributed by atoms with Crippen LogP contribution in [0, 0.1) is 11.6 Å². The second-order valence-corrected chi connectivity index (χ2v) is 6.61. The molecule has 0 radical (unpaired) electrons. The molecule has 0 unspecified atom stereocenters. The first-order valence-corrected chi connectivity index (χ1v) is 8.85. The summed E-state index contributed by atoms with van der Waals surface area (Å²) in [5.41, 5.74) is 1.35. The third-order valence-electron chi connectivity index (χ3n) is 4.54. The highest BCUT2D eigenvalue weighted by Crippen LogP contribution is 2.15. The van der Waals surface area contributed by atoms with Crippen molar-refractivity contribution in [2.45, 2.75) is 6.54 Å². The van der Waals surface area contributed by atoms with Gasteiger partial charge in [0.1, 0.15) is 17.4 Å². The van der Waals surface area contributed by atoms with Gasteiger partial charge in [-0.05, 0) is 29.8 Å². The average Bonchev–Trinajstić information content (AvgIpc) is 2.63. The van der Waals surface area contributed by atoms with Crippen LogP contribution in [0.4, 0.5) is 14.5 Å². The molecule has 0 aromatic heterocycles. The maximum atomic E-state index is 13.2. The highest BCUT2D eigenvalue weighted by molar-refractivity contribution is 5.92. The maximum Gasteiger partial charge on any atom is 0.238 e. The van der Waals surface area contributed by atoms with Crippen molar-refractivity contribution in [2.24, 2.45) is 0 Å². The van der Waals surface area contributed by atoms with Crippen molar-refractivity contribution < 1.29 is 18.3 Å².